The van der Waals surface area contributed by atoms with Crippen LogP contribution in [-0.2, 0) is 20.2 Å². The molecule has 0 heterocycles. The lowest BCUT2D eigenvalue weighted by atomic mass is 10.1. The van der Waals surface area contributed by atoms with Crippen LogP contribution < -0.4 is 0 Å². The Morgan fingerprint density at radius 3 is 1.74 bits per heavy atom. The van der Waals surface area contributed by atoms with E-state index in [0.717, 1.165) is 6.07 Å². The number of benzene rings is 5. The summed E-state index contributed by atoms with van der Waals surface area (Å²) in [6, 6.07) is 20.1. The first-order valence-electron chi connectivity index (χ1n) is 13.2. The van der Waals surface area contributed by atoms with Gasteiger partial charge in [0.25, 0.3) is 20.2 Å². The zero-order valence-corrected chi connectivity index (χ0v) is 25.6. The predicted molar refractivity (Wildman–Crippen MR) is 168 cm³/mol. The number of hydrogen-bond donors (Lipinski definition) is 4. The van der Waals surface area contributed by atoms with Gasteiger partial charge in [0.05, 0.1) is 27.6 Å². The highest BCUT2D eigenvalue weighted by Gasteiger charge is 2.16. The Hall–Kier alpha value is -5.42. The highest BCUT2D eigenvalue weighted by molar-refractivity contribution is 7.86. The van der Waals surface area contributed by atoms with Gasteiger partial charge in [0.15, 0.2) is 0 Å². The Morgan fingerprint density at radius 1 is 0.500 bits per heavy atom. The zero-order valence-electron chi connectivity index (χ0n) is 24.0. The minimum Gasteiger partial charge on any atom is -0.505 e. The largest absolute Gasteiger partial charge is 0.505 e. The van der Waals surface area contributed by atoms with Gasteiger partial charge in [-0.3, -0.25) is 9.11 Å². The number of nitrogens with zero attached hydrogens (tertiary/aromatic N) is 6. The van der Waals surface area contributed by atoms with Gasteiger partial charge >= 0.3 is 0 Å². The molecule has 0 aromatic heterocycles. The molecule has 0 spiro atoms. The fourth-order valence-corrected chi connectivity index (χ4v) is 5.48. The van der Waals surface area contributed by atoms with Gasteiger partial charge in [-0.2, -0.15) is 32.2 Å². The third kappa shape index (κ3) is 7.10. The molecule has 234 valence electrons. The quantitative estimate of drug-likeness (QED) is 0.0928. The molecule has 5 aromatic rings. The molecule has 0 aliphatic heterocycles. The summed E-state index contributed by atoms with van der Waals surface area (Å²) in [5, 5.41) is 46.0. The molecule has 0 atom stereocenters. The van der Waals surface area contributed by atoms with Crippen molar-refractivity contribution in [2.75, 3.05) is 0 Å². The van der Waals surface area contributed by atoms with Crippen LogP contribution in [0, 0.1) is 13.8 Å². The van der Waals surface area contributed by atoms with Gasteiger partial charge in [-0.25, -0.2) is 0 Å². The molecule has 0 saturated heterocycles. The van der Waals surface area contributed by atoms with E-state index in [1.807, 2.05) is 0 Å². The van der Waals surface area contributed by atoms with Crippen molar-refractivity contribution in [2.45, 2.75) is 23.6 Å². The summed E-state index contributed by atoms with van der Waals surface area (Å²) in [5.74, 6) is -0.783. The van der Waals surface area contributed by atoms with Gasteiger partial charge in [-0.05, 0) is 67.4 Å². The summed E-state index contributed by atoms with van der Waals surface area (Å²) in [7, 11) is -8.89. The lowest BCUT2D eigenvalue weighted by Gasteiger charge is -2.06. The fraction of sp³-hybridized carbons (Fsp3) is 0.0667. The predicted octanol–water partition coefficient (Wildman–Crippen LogP) is 8.61. The van der Waals surface area contributed by atoms with Gasteiger partial charge in [0.2, 0.25) is 0 Å². The monoisotopic (exact) mass is 660 g/mol. The lowest BCUT2D eigenvalue weighted by molar-refractivity contribution is 0.452. The van der Waals surface area contributed by atoms with E-state index in [9.17, 15) is 36.2 Å². The second-order valence-corrected chi connectivity index (χ2v) is 12.7. The molecule has 46 heavy (non-hydrogen) atoms. The van der Waals surface area contributed by atoms with E-state index in [4.69, 9.17) is 0 Å². The van der Waals surface area contributed by atoms with Crippen LogP contribution in [-0.4, -0.2) is 36.2 Å². The Labute approximate surface area is 262 Å². The minimum absolute atomic E-state index is 0.0334. The molecule has 0 aliphatic carbocycles. The second kappa shape index (κ2) is 12.5. The van der Waals surface area contributed by atoms with Crippen LogP contribution in [0.15, 0.2) is 125 Å². The third-order valence-electron chi connectivity index (χ3n) is 6.67. The minimum atomic E-state index is -4.49. The summed E-state index contributed by atoms with van der Waals surface area (Å²) in [6.45, 7) is 3.47. The maximum Gasteiger partial charge on any atom is 0.295 e. The van der Waals surface area contributed by atoms with E-state index in [2.05, 4.69) is 30.7 Å². The smallest absolute Gasteiger partial charge is 0.295 e. The van der Waals surface area contributed by atoms with E-state index in [1.165, 1.54) is 42.5 Å². The molecular formula is C30H24N6O8S2. The van der Waals surface area contributed by atoms with Gasteiger partial charge in [-0.15, -0.1) is 15.3 Å². The van der Waals surface area contributed by atoms with Crippen molar-refractivity contribution in [1.82, 2.24) is 0 Å². The van der Waals surface area contributed by atoms with Crippen LogP contribution in [0.3, 0.4) is 0 Å². The normalized spacial score (nSPS) is 12.6. The molecule has 0 unspecified atom stereocenters. The van der Waals surface area contributed by atoms with Crippen LogP contribution in [0.1, 0.15) is 11.1 Å². The molecule has 0 saturated carbocycles. The molecule has 14 nitrogen and oxygen atoms in total. The second-order valence-electron chi connectivity index (χ2n) is 9.93. The van der Waals surface area contributed by atoms with Crippen LogP contribution in [0.2, 0.25) is 0 Å². The molecular weight excluding hydrogens is 636 g/mol. The van der Waals surface area contributed by atoms with Crippen molar-refractivity contribution in [3.05, 3.63) is 96.1 Å². The fourth-order valence-electron chi connectivity index (χ4n) is 4.28. The Bertz CT molecular complexity index is 2320. The topological polar surface area (TPSA) is 223 Å². The van der Waals surface area contributed by atoms with Crippen LogP contribution in [0.5, 0.6) is 11.5 Å². The van der Waals surface area contributed by atoms with E-state index in [-0.39, 0.29) is 43.7 Å². The van der Waals surface area contributed by atoms with Crippen molar-refractivity contribution in [1.29, 1.82) is 0 Å². The van der Waals surface area contributed by atoms with Crippen molar-refractivity contribution in [3.8, 4) is 11.5 Å². The highest BCUT2D eigenvalue weighted by Crippen LogP contribution is 2.41. The van der Waals surface area contributed by atoms with Gasteiger partial charge < -0.3 is 10.2 Å². The third-order valence-corrected chi connectivity index (χ3v) is 8.44. The average molecular weight is 661 g/mol. The van der Waals surface area contributed by atoms with Crippen LogP contribution in [0.25, 0.3) is 10.8 Å². The first kappa shape index (κ1) is 32.0. The van der Waals surface area contributed by atoms with Crippen molar-refractivity contribution in [3.63, 3.8) is 0 Å². The Kier molecular flexibility index (Phi) is 8.71. The maximum absolute atomic E-state index is 11.8. The molecule has 5 aromatic carbocycles. The lowest BCUT2D eigenvalue weighted by Crippen LogP contribution is -1.98. The molecule has 16 heteroatoms. The number of rotatable bonds is 8. The summed E-state index contributed by atoms with van der Waals surface area (Å²) in [5.41, 5.74) is 2.58. The maximum atomic E-state index is 11.8. The summed E-state index contributed by atoms with van der Waals surface area (Å²) in [4.78, 5) is -0.589. The van der Waals surface area contributed by atoms with Crippen LogP contribution in [0.4, 0.5) is 34.1 Å². The zero-order chi connectivity index (χ0) is 33.2. The van der Waals surface area contributed by atoms with Crippen molar-refractivity contribution < 1.29 is 36.2 Å². The standard InChI is InChI=1S/C30H24N6O8S2/c1-17-7-9-20(45(39,40)41)14-25(17)34-32-23-10-8-19(13-18(23)2)31-35-26-15-27(29(38)16-28(26)37)36-33-24-11-12-30(46(42,43)44)22-6-4-3-5-21(22)24/h3-16,37-38H,1-2H3,(H,39,40,41)(H,42,43,44). The highest BCUT2D eigenvalue weighted by atomic mass is 32.2. The first-order chi connectivity index (χ1) is 21.7. The van der Waals surface area contributed by atoms with E-state index in [1.54, 1.807) is 50.2 Å². The van der Waals surface area contributed by atoms with Gasteiger partial charge in [-0.1, -0.05) is 30.3 Å². The molecule has 5 rings (SSSR count). The Balaban J connectivity index is 1.39. The molecule has 4 N–H and O–H groups in total. The molecule has 0 aliphatic rings. The number of aromatic hydroxyl groups is 2. The summed E-state index contributed by atoms with van der Waals surface area (Å²) < 4.78 is 65.3. The molecule has 0 amide bonds. The van der Waals surface area contributed by atoms with Crippen molar-refractivity contribution in [2.24, 2.45) is 30.7 Å². The number of azo groups is 3. The Morgan fingerprint density at radius 2 is 1.09 bits per heavy atom. The van der Waals surface area contributed by atoms with E-state index < -0.39 is 26.0 Å². The number of phenolic OH excluding ortho intramolecular Hbond substituents is 2. The van der Waals surface area contributed by atoms with Gasteiger partial charge in [0.1, 0.15) is 27.8 Å². The molecule has 0 fully saturated rings. The van der Waals surface area contributed by atoms with E-state index in [0.29, 0.717) is 27.9 Å². The molecule has 0 radical (unpaired) electrons. The van der Waals surface area contributed by atoms with Gasteiger partial charge in [0, 0.05) is 22.9 Å². The number of phenols is 2. The van der Waals surface area contributed by atoms with Crippen LogP contribution >= 0.6 is 0 Å². The van der Waals surface area contributed by atoms with E-state index >= 15 is 0 Å². The first-order valence-corrected chi connectivity index (χ1v) is 16.1. The SMILES string of the molecule is Cc1cc(N=Nc2cc(N=Nc3ccc(S(=O)(=O)O)c4ccccc34)c(O)cc2O)ccc1N=Nc1cc(S(=O)(=O)O)ccc1C. The molecule has 0 bridgehead atoms. The number of hydrogen-bond acceptors (Lipinski definition) is 12. The summed E-state index contributed by atoms with van der Waals surface area (Å²) >= 11 is 0. The number of fused-ring (bicyclic) bond motifs is 1. The average Bonchev–Trinajstić information content (AvgIpc) is 2.99. The summed E-state index contributed by atoms with van der Waals surface area (Å²) in [6.07, 6.45) is 0. The number of aryl methyl sites for hydroxylation is 2. The van der Waals surface area contributed by atoms with Crippen molar-refractivity contribution >= 4 is 65.1 Å².